The third kappa shape index (κ3) is 6.24. The van der Waals surface area contributed by atoms with Gasteiger partial charge in [0.15, 0.2) is 0 Å². The molecule has 0 aromatic rings. The summed E-state index contributed by atoms with van der Waals surface area (Å²) < 4.78 is 0. The largest absolute Gasteiger partial charge is 0.303 e. The molecular weight excluding hydrogens is 246 g/mol. The lowest BCUT2D eigenvalue weighted by atomic mass is 9.86. The first-order valence-electron chi connectivity index (χ1n) is 8.09. The van der Waals surface area contributed by atoms with Crippen LogP contribution in [-0.2, 0) is 0 Å². The van der Waals surface area contributed by atoms with Gasteiger partial charge in [-0.25, -0.2) is 0 Å². The van der Waals surface area contributed by atoms with Crippen LogP contribution in [0.5, 0.6) is 0 Å². The summed E-state index contributed by atoms with van der Waals surface area (Å²) in [5, 5.41) is 12.9. The van der Waals surface area contributed by atoms with E-state index in [9.17, 15) is 5.26 Å². The molecule has 0 aliphatic heterocycles. The van der Waals surface area contributed by atoms with Gasteiger partial charge in [0.05, 0.1) is 6.07 Å². The number of hydrogen-bond donors (Lipinski definition) is 1. The zero-order valence-corrected chi connectivity index (χ0v) is 14.7. The van der Waals surface area contributed by atoms with Crippen LogP contribution >= 0.6 is 0 Å². The van der Waals surface area contributed by atoms with Gasteiger partial charge in [-0.15, -0.1) is 0 Å². The minimum absolute atomic E-state index is 0.298. The van der Waals surface area contributed by atoms with Crippen molar-refractivity contribution in [3.05, 3.63) is 0 Å². The fraction of sp³-hybridized carbons (Fsp3) is 0.941. The lowest BCUT2D eigenvalue weighted by Crippen LogP contribution is -2.45. The molecule has 20 heavy (non-hydrogen) atoms. The van der Waals surface area contributed by atoms with Crippen molar-refractivity contribution in [3.8, 4) is 6.07 Å². The molecule has 0 aromatic carbocycles. The zero-order chi connectivity index (χ0) is 15.8. The molecule has 0 bridgehead atoms. The fourth-order valence-corrected chi connectivity index (χ4v) is 2.41. The SMILES string of the molecule is CCCNC(C#N)(CC)CCCN(C)C(C)C(C)(C)C. The molecule has 0 amide bonds. The summed E-state index contributed by atoms with van der Waals surface area (Å²) in [4.78, 5) is 2.41. The first kappa shape index (κ1) is 19.4. The first-order chi connectivity index (χ1) is 9.22. The van der Waals surface area contributed by atoms with Gasteiger partial charge in [-0.05, 0) is 58.2 Å². The predicted octanol–water partition coefficient (Wildman–Crippen LogP) is 3.80. The Morgan fingerprint density at radius 1 is 1.25 bits per heavy atom. The van der Waals surface area contributed by atoms with Gasteiger partial charge in [0.2, 0.25) is 0 Å². The highest BCUT2D eigenvalue weighted by Crippen LogP contribution is 2.24. The average Bonchev–Trinajstić information content (AvgIpc) is 2.40. The molecule has 3 heteroatoms. The topological polar surface area (TPSA) is 39.1 Å². The second kappa shape index (κ2) is 8.64. The third-order valence-electron chi connectivity index (χ3n) is 4.56. The van der Waals surface area contributed by atoms with E-state index >= 15 is 0 Å². The molecule has 0 radical (unpaired) electrons. The molecule has 0 saturated heterocycles. The van der Waals surface area contributed by atoms with Crippen LogP contribution in [0, 0.1) is 16.7 Å². The van der Waals surface area contributed by atoms with E-state index in [1.54, 1.807) is 0 Å². The summed E-state index contributed by atoms with van der Waals surface area (Å²) in [6.07, 6.45) is 3.95. The van der Waals surface area contributed by atoms with Crippen LogP contribution in [0.2, 0.25) is 0 Å². The molecule has 3 nitrogen and oxygen atoms in total. The van der Waals surface area contributed by atoms with Crippen molar-refractivity contribution in [2.45, 2.75) is 78.8 Å². The first-order valence-corrected chi connectivity index (χ1v) is 8.09. The smallest absolute Gasteiger partial charge is 0.106 e. The Kier molecular flexibility index (Phi) is 8.39. The Morgan fingerprint density at radius 2 is 1.85 bits per heavy atom. The van der Waals surface area contributed by atoms with E-state index < -0.39 is 0 Å². The Balaban J connectivity index is 4.35. The van der Waals surface area contributed by atoms with Crippen molar-refractivity contribution < 1.29 is 0 Å². The molecule has 1 N–H and O–H groups in total. The molecule has 2 unspecified atom stereocenters. The van der Waals surface area contributed by atoms with Crippen LogP contribution in [0.25, 0.3) is 0 Å². The standard InChI is InChI=1S/C17H35N3/c1-8-12-19-17(9-2,14-18)11-10-13-20(7)15(3)16(4,5)6/h15,19H,8-13H2,1-7H3. The van der Waals surface area contributed by atoms with Crippen LogP contribution < -0.4 is 5.32 Å². The van der Waals surface area contributed by atoms with Gasteiger partial charge in [-0.1, -0.05) is 34.6 Å². The number of nitrogens with zero attached hydrogens (tertiary/aromatic N) is 2. The minimum atomic E-state index is -0.332. The van der Waals surface area contributed by atoms with Crippen molar-refractivity contribution in [1.29, 1.82) is 5.26 Å². The maximum Gasteiger partial charge on any atom is 0.106 e. The third-order valence-corrected chi connectivity index (χ3v) is 4.56. The fourth-order valence-electron chi connectivity index (χ4n) is 2.41. The predicted molar refractivity (Wildman–Crippen MR) is 87.7 cm³/mol. The number of rotatable bonds is 9. The maximum absolute atomic E-state index is 9.48. The quantitative estimate of drug-likeness (QED) is 0.698. The van der Waals surface area contributed by atoms with E-state index in [1.807, 2.05) is 0 Å². The Morgan fingerprint density at radius 3 is 2.25 bits per heavy atom. The monoisotopic (exact) mass is 281 g/mol. The van der Waals surface area contributed by atoms with Crippen LogP contribution in [-0.4, -0.2) is 36.6 Å². The van der Waals surface area contributed by atoms with Crippen LogP contribution in [0.15, 0.2) is 0 Å². The number of hydrogen-bond acceptors (Lipinski definition) is 3. The van der Waals surface area contributed by atoms with Crippen LogP contribution in [0.3, 0.4) is 0 Å². The van der Waals surface area contributed by atoms with E-state index in [-0.39, 0.29) is 5.54 Å². The van der Waals surface area contributed by atoms with Crippen LogP contribution in [0.1, 0.15) is 67.2 Å². The normalized spacial score (nSPS) is 16.8. The lowest BCUT2D eigenvalue weighted by molar-refractivity contribution is 0.136. The highest BCUT2D eigenvalue weighted by atomic mass is 15.1. The summed E-state index contributed by atoms with van der Waals surface area (Å²) in [5.41, 5.74) is -0.0336. The van der Waals surface area contributed by atoms with Gasteiger partial charge < -0.3 is 4.90 Å². The second-order valence-corrected chi connectivity index (χ2v) is 7.10. The molecule has 0 spiro atoms. The van der Waals surface area contributed by atoms with E-state index in [4.69, 9.17) is 0 Å². The second-order valence-electron chi connectivity index (χ2n) is 7.10. The molecule has 118 valence electrons. The molecule has 0 fully saturated rings. The van der Waals surface area contributed by atoms with Crippen LogP contribution in [0.4, 0.5) is 0 Å². The summed E-state index contributed by atoms with van der Waals surface area (Å²) in [5.74, 6) is 0. The van der Waals surface area contributed by atoms with E-state index in [1.165, 1.54) is 0 Å². The maximum atomic E-state index is 9.48. The summed E-state index contributed by atoms with van der Waals surface area (Å²) >= 11 is 0. The van der Waals surface area contributed by atoms with Crippen molar-refractivity contribution >= 4 is 0 Å². The molecule has 2 atom stereocenters. The Labute approximate surface area is 126 Å². The number of nitriles is 1. The summed E-state index contributed by atoms with van der Waals surface area (Å²) in [7, 11) is 2.19. The molecule has 0 heterocycles. The van der Waals surface area contributed by atoms with Gasteiger partial charge in [-0.2, -0.15) is 5.26 Å². The van der Waals surface area contributed by atoms with Gasteiger partial charge >= 0.3 is 0 Å². The Bertz CT molecular complexity index is 300. The van der Waals surface area contributed by atoms with Crippen molar-refractivity contribution in [1.82, 2.24) is 10.2 Å². The van der Waals surface area contributed by atoms with E-state index in [2.05, 4.69) is 64.9 Å². The van der Waals surface area contributed by atoms with Crippen molar-refractivity contribution in [3.63, 3.8) is 0 Å². The highest BCUT2D eigenvalue weighted by molar-refractivity contribution is 5.06. The van der Waals surface area contributed by atoms with Gasteiger partial charge in [-0.3, -0.25) is 5.32 Å². The van der Waals surface area contributed by atoms with Gasteiger partial charge in [0, 0.05) is 6.04 Å². The molecule has 0 rings (SSSR count). The van der Waals surface area contributed by atoms with Crippen molar-refractivity contribution in [2.75, 3.05) is 20.1 Å². The van der Waals surface area contributed by atoms with Gasteiger partial charge in [0.25, 0.3) is 0 Å². The summed E-state index contributed by atoms with van der Waals surface area (Å²) in [6.45, 7) is 15.3. The summed E-state index contributed by atoms with van der Waals surface area (Å²) in [6, 6.07) is 3.05. The molecule has 0 aliphatic rings. The molecule has 0 aliphatic carbocycles. The zero-order valence-electron chi connectivity index (χ0n) is 14.7. The van der Waals surface area contributed by atoms with E-state index in [0.717, 1.165) is 38.8 Å². The average molecular weight is 281 g/mol. The Hall–Kier alpha value is -0.590. The minimum Gasteiger partial charge on any atom is -0.303 e. The van der Waals surface area contributed by atoms with Gasteiger partial charge in [0.1, 0.15) is 5.54 Å². The molecule has 0 saturated carbocycles. The van der Waals surface area contributed by atoms with Crippen molar-refractivity contribution in [2.24, 2.45) is 5.41 Å². The number of nitrogens with one attached hydrogen (secondary N) is 1. The van der Waals surface area contributed by atoms with E-state index in [0.29, 0.717) is 11.5 Å². The molecular formula is C17H35N3. The lowest BCUT2D eigenvalue weighted by Gasteiger charge is -2.36. The molecule has 0 aromatic heterocycles. The highest BCUT2D eigenvalue weighted by Gasteiger charge is 2.28.